The molecule has 2 aliphatic rings. The Balaban J connectivity index is 2.19. The fraction of sp³-hybridized carbons (Fsp3) is 0.438. The number of carboxylic acid groups (broad SMARTS) is 1. The van der Waals surface area contributed by atoms with Crippen molar-refractivity contribution in [1.82, 2.24) is 0 Å². The summed E-state index contributed by atoms with van der Waals surface area (Å²) in [6.45, 7) is 2.70. The largest absolute Gasteiger partial charge is 0.481 e. The first-order valence-corrected chi connectivity index (χ1v) is 8.35. The van der Waals surface area contributed by atoms with Crippen LogP contribution < -0.4 is 9.47 Å². The van der Waals surface area contributed by atoms with Crippen molar-refractivity contribution in [3.8, 4) is 11.5 Å². The number of halogens is 5. The van der Waals surface area contributed by atoms with Crippen molar-refractivity contribution in [3.05, 3.63) is 33.3 Å². The number of fused-ring (bicyclic) bond motifs is 1. The summed E-state index contributed by atoms with van der Waals surface area (Å²) in [6, 6.07) is 2.33. The molecule has 1 saturated carbocycles. The first kappa shape index (κ1) is 18.5. The van der Waals surface area contributed by atoms with Crippen LogP contribution in [0.2, 0.25) is 5.02 Å². The minimum absolute atomic E-state index is 0.0275. The SMILES string of the molecule is CC1(C)C(C=C(Cl)Cl)C1(C(=O)O)C(F)(F)c1ccc2c(c1Cl)OCO2. The predicted octanol–water partition coefficient (Wildman–Crippen LogP) is 5.21. The van der Waals surface area contributed by atoms with Crippen molar-refractivity contribution in [1.29, 1.82) is 0 Å². The van der Waals surface area contributed by atoms with Gasteiger partial charge in [-0.1, -0.05) is 48.7 Å². The Labute approximate surface area is 157 Å². The van der Waals surface area contributed by atoms with Gasteiger partial charge in [0.15, 0.2) is 11.5 Å². The number of carbonyl (C=O) groups is 1. The molecule has 3 rings (SSSR count). The molecule has 2 atom stereocenters. The van der Waals surface area contributed by atoms with E-state index in [1.807, 2.05) is 0 Å². The van der Waals surface area contributed by atoms with E-state index in [0.29, 0.717) is 0 Å². The van der Waals surface area contributed by atoms with E-state index in [1.54, 1.807) is 0 Å². The molecule has 1 aliphatic heterocycles. The highest BCUT2D eigenvalue weighted by molar-refractivity contribution is 6.55. The van der Waals surface area contributed by atoms with Crippen LogP contribution in [-0.4, -0.2) is 17.9 Å². The van der Waals surface area contributed by atoms with E-state index in [1.165, 1.54) is 19.9 Å². The number of rotatable bonds is 4. The second-order valence-corrected chi connectivity index (χ2v) is 7.89. The van der Waals surface area contributed by atoms with Gasteiger partial charge in [-0.3, -0.25) is 4.79 Å². The monoisotopic (exact) mass is 412 g/mol. The highest BCUT2D eigenvalue weighted by Gasteiger charge is 2.86. The van der Waals surface area contributed by atoms with E-state index in [9.17, 15) is 9.90 Å². The zero-order valence-electron chi connectivity index (χ0n) is 13.1. The number of ether oxygens (including phenoxy) is 2. The quantitative estimate of drug-likeness (QED) is 0.736. The van der Waals surface area contributed by atoms with E-state index in [4.69, 9.17) is 44.3 Å². The van der Waals surface area contributed by atoms with Gasteiger partial charge in [0.2, 0.25) is 6.79 Å². The van der Waals surface area contributed by atoms with Crippen molar-refractivity contribution in [2.24, 2.45) is 16.7 Å². The molecule has 4 nitrogen and oxygen atoms in total. The van der Waals surface area contributed by atoms with Crippen molar-refractivity contribution < 1.29 is 28.2 Å². The molecule has 0 aromatic heterocycles. The molecule has 1 fully saturated rings. The Hall–Kier alpha value is -1.24. The number of allylic oxidation sites excluding steroid dienone is 1. The second-order valence-electron chi connectivity index (χ2n) is 6.50. The summed E-state index contributed by atoms with van der Waals surface area (Å²) >= 11 is 17.3. The van der Waals surface area contributed by atoms with Crippen molar-refractivity contribution in [2.45, 2.75) is 19.8 Å². The molecule has 1 aromatic rings. The molecule has 0 radical (unpaired) electrons. The number of hydrogen-bond donors (Lipinski definition) is 1. The zero-order valence-corrected chi connectivity index (χ0v) is 15.3. The molecular weight excluding hydrogens is 401 g/mol. The Morgan fingerprint density at radius 1 is 1.36 bits per heavy atom. The third-order valence-electron chi connectivity index (χ3n) is 5.12. The Bertz CT molecular complexity index is 790. The van der Waals surface area contributed by atoms with Crippen LogP contribution in [0, 0.1) is 16.7 Å². The lowest BCUT2D eigenvalue weighted by atomic mass is 9.84. The molecular formula is C16H13Cl3F2O4. The molecule has 1 aromatic carbocycles. The van der Waals surface area contributed by atoms with Gasteiger partial charge < -0.3 is 14.6 Å². The first-order chi connectivity index (χ1) is 11.5. The molecule has 0 amide bonds. The summed E-state index contributed by atoms with van der Waals surface area (Å²) in [7, 11) is 0. The minimum atomic E-state index is -3.81. The van der Waals surface area contributed by atoms with Gasteiger partial charge in [0, 0.05) is 11.5 Å². The van der Waals surface area contributed by atoms with Gasteiger partial charge in [0.1, 0.15) is 9.91 Å². The molecule has 0 saturated heterocycles. The van der Waals surface area contributed by atoms with Gasteiger partial charge in [0.05, 0.1) is 5.02 Å². The third-order valence-corrected chi connectivity index (χ3v) is 5.75. The number of benzene rings is 1. The Morgan fingerprint density at radius 3 is 2.56 bits per heavy atom. The number of alkyl halides is 2. The summed E-state index contributed by atoms with van der Waals surface area (Å²) in [4.78, 5) is 12.0. The average Bonchev–Trinajstić information content (AvgIpc) is 2.83. The van der Waals surface area contributed by atoms with E-state index in [0.717, 1.165) is 12.1 Å². The normalized spacial score (nSPS) is 26.3. The van der Waals surface area contributed by atoms with Crippen LogP contribution in [0.15, 0.2) is 22.7 Å². The summed E-state index contributed by atoms with van der Waals surface area (Å²) in [5.41, 5.74) is -4.40. The van der Waals surface area contributed by atoms with Gasteiger partial charge in [-0.15, -0.1) is 0 Å². The maximum Gasteiger partial charge on any atom is 0.317 e. The Kier molecular flexibility index (Phi) is 4.18. The maximum atomic E-state index is 15.5. The summed E-state index contributed by atoms with van der Waals surface area (Å²) < 4.78 is 40.9. The smallest absolute Gasteiger partial charge is 0.317 e. The van der Waals surface area contributed by atoms with Crippen LogP contribution in [-0.2, 0) is 10.7 Å². The summed E-state index contributed by atoms with van der Waals surface area (Å²) in [5, 5.41) is 9.34. The molecule has 0 spiro atoms. The van der Waals surface area contributed by atoms with Crippen LogP contribution in [0.5, 0.6) is 11.5 Å². The van der Waals surface area contributed by atoms with Gasteiger partial charge in [-0.2, -0.15) is 8.78 Å². The van der Waals surface area contributed by atoms with E-state index >= 15 is 8.78 Å². The standard InChI is InChI=1S/C16H13Cl3F2O4/c1-14(2)9(5-10(17)18)15(14,13(22)23)16(20,21)7-3-4-8-12(11(7)19)25-6-24-8/h3-5,9H,6H2,1-2H3,(H,22,23). The van der Waals surface area contributed by atoms with Crippen LogP contribution >= 0.6 is 34.8 Å². The molecule has 1 heterocycles. The fourth-order valence-electron chi connectivity index (χ4n) is 3.80. The molecule has 136 valence electrons. The van der Waals surface area contributed by atoms with Gasteiger partial charge in [-0.05, 0) is 23.6 Å². The van der Waals surface area contributed by atoms with Crippen molar-refractivity contribution in [2.75, 3.05) is 6.79 Å². The molecule has 25 heavy (non-hydrogen) atoms. The van der Waals surface area contributed by atoms with Gasteiger partial charge >= 0.3 is 5.97 Å². The third kappa shape index (κ3) is 2.27. The van der Waals surface area contributed by atoms with Crippen LogP contribution in [0.4, 0.5) is 8.78 Å². The topological polar surface area (TPSA) is 55.8 Å². The average molecular weight is 414 g/mol. The molecule has 1 aliphatic carbocycles. The van der Waals surface area contributed by atoms with Crippen molar-refractivity contribution in [3.63, 3.8) is 0 Å². The molecule has 1 N–H and O–H groups in total. The number of aliphatic carboxylic acids is 1. The number of carboxylic acids is 1. The lowest BCUT2D eigenvalue weighted by molar-refractivity contribution is -0.169. The van der Waals surface area contributed by atoms with Gasteiger partial charge in [0.25, 0.3) is 5.92 Å². The minimum Gasteiger partial charge on any atom is -0.481 e. The lowest BCUT2D eigenvalue weighted by Gasteiger charge is -2.28. The van der Waals surface area contributed by atoms with Gasteiger partial charge in [-0.25, -0.2) is 0 Å². The van der Waals surface area contributed by atoms with Crippen LogP contribution in [0.25, 0.3) is 0 Å². The van der Waals surface area contributed by atoms with E-state index in [-0.39, 0.29) is 27.8 Å². The second kappa shape index (κ2) is 5.63. The van der Waals surface area contributed by atoms with E-state index in [2.05, 4.69) is 0 Å². The Morgan fingerprint density at radius 2 is 2.00 bits per heavy atom. The highest BCUT2D eigenvalue weighted by atomic mass is 35.5. The first-order valence-electron chi connectivity index (χ1n) is 7.22. The highest BCUT2D eigenvalue weighted by Crippen LogP contribution is 2.78. The van der Waals surface area contributed by atoms with E-state index < -0.39 is 34.2 Å². The predicted molar refractivity (Wildman–Crippen MR) is 88.6 cm³/mol. The maximum absolute atomic E-state index is 15.5. The molecule has 2 unspecified atom stereocenters. The van der Waals surface area contributed by atoms with Crippen molar-refractivity contribution >= 4 is 40.8 Å². The molecule has 0 bridgehead atoms. The fourth-order valence-corrected chi connectivity index (χ4v) is 4.38. The summed E-state index contributed by atoms with van der Waals surface area (Å²) in [5.74, 6) is -6.36. The van der Waals surface area contributed by atoms with Crippen LogP contribution in [0.1, 0.15) is 19.4 Å². The summed E-state index contributed by atoms with van der Waals surface area (Å²) in [6.07, 6.45) is 1.13. The molecule has 9 heteroatoms. The lowest BCUT2D eigenvalue weighted by Crippen LogP contribution is -2.39. The zero-order chi connectivity index (χ0) is 18.8. The number of hydrogen-bond acceptors (Lipinski definition) is 3. The van der Waals surface area contributed by atoms with Crippen LogP contribution in [0.3, 0.4) is 0 Å².